The molecule has 7 nitrogen and oxygen atoms in total. The predicted molar refractivity (Wildman–Crippen MR) is 101 cm³/mol. The Morgan fingerprint density at radius 3 is 2.65 bits per heavy atom. The molecule has 2 aromatic rings. The normalized spacial score (nSPS) is 12.8. The lowest BCUT2D eigenvalue weighted by Gasteiger charge is -2.21. The maximum Gasteiger partial charge on any atom is 0.246 e. The summed E-state index contributed by atoms with van der Waals surface area (Å²) < 4.78 is 0. The first kappa shape index (κ1) is 20.3. The number of tetrazole rings is 1. The standard InChI is InChI=1S/C18H26ClN5O2/c1-4-15(17(26)20-11-5-10-18(2,3)12-25)24-22-16(21-23-24)13-6-8-14(19)9-7-13/h6-9,15,25H,4-5,10-12H2,1-3H3,(H,20,26). The highest BCUT2D eigenvalue weighted by Gasteiger charge is 2.22. The largest absolute Gasteiger partial charge is 0.396 e. The predicted octanol–water partition coefficient (Wildman–Crippen LogP) is 2.86. The molecule has 0 radical (unpaired) electrons. The minimum atomic E-state index is -0.505. The zero-order valence-electron chi connectivity index (χ0n) is 15.4. The van der Waals surface area contributed by atoms with E-state index in [1.165, 1.54) is 4.80 Å². The molecule has 1 aromatic heterocycles. The van der Waals surface area contributed by atoms with Crippen LogP contribution in [0.1, 0.15) is 46.1 Å². The van der Waals surface area contributed by atoms with Crippen LogP contribution in [0.5, 0.6) is 0 Å². The van der Waals surface area contributed by atoms with E-state index in [-0.39, 0.29) is 17.9 Å². The van der Waals surface area contributed by atoms with Gasteiger partial charge in [0.25, 0.3) is 0 Å². The molecule has 0 aliphatic carbocycles. The molecule has 1 unspecified atom stereocenters. The number of amides is 1. The highest BCUT2D eigenvalue weighted by atomic mass is 35.5. The van der Waals surface area contributed by atoms with Crippen molar-refractivity contribution in [2.24, 2.45) is 5.41 Å². The average molecular weight is 380 g/mol. The van der Waals surface area contributed by atoms with Crippen molar-refractivity contribution in [2.45, 2.75) is 46.1 Å². The first-order valence-electron chi connectivity index (χ1n) is 8.80. The Labute approximate surface area is 158 Å². The first-order chi connectivity index (χ1) is 12.4. The number of carbonyl (C=O) groups is 1. The lowest BCUT2D eigenvalue weighted by Crippen LogP contribution is -2.34. The number of carbonyl (C=O) groups excluding carboxylic acids is 1. The second-order valence-corrected chi connectivity index (χ2v) is 7.52. The summed E-state index contributed by atoms with van der Waals surface area (Å²) in [5.41, 5.74) is 0.665. The summed E-state index contributed by atoms with van der Waals surface area (Å²) in [6.07, 6.45) is 2.20. The SMILES string of the molecule is CCC(C(=O)NCCCC(C)(C)CO)n1nnc(-c2ccc(Cl)cc2)n1. The van der Waals surface area contributed by atoms with Gasteiger partial charge in [-0.2, -0.15) is 4.80 Å². The number of hydrogen-bond acceptors (Lipinski definition) is 5. The topological polar surface area (TPSA) is 92.9 Å². The lowest BCUT2D eigenvalue weighted by molar-refractivity contribution is -0.125. The molecule has 0 saturated heterocycles. The molecular formula is C18H26ClN5O2. The fourth-order valence-electron chi connectivity index (χ4n) is 2.50. The van der Waals surface area contributed by atoms with Gasteiger partial charge >= 0.3 is 0 Å². The highest BCUT2D eigenvalue weighted by Crippen LogP contribution is 2.21. The Morgan fingerprint density at radius 1 is 1.35 bits per heavy atom. The van der Waals surface area contributed by atoms with E-state index in [4.69, 9.17) is 11.6 Å². The van der Waals surface area contributed by atoms with Gasteiger partial charge in [0.05, 0.1) is 0 Å². The van der Waals surface area contributed by atoms with Crippen molar-refractivity contribution in [3.05, 3.63) is 29.3 Å². The Kier molecular flexibility index (Phi) is 7.11. The van der Waals surface area contributed by atoms with E-state index < -0.39 is 6.04 Å². The molecule has 1 amide bonds. The van der Waals surface area contributed by atoms with Crippen LogP contribution in [0.25, 0.3) is 11.4 Å². The third kappa shape index (κ3) is 5.51. The van der Waals surface area contributed by atoms with E-state index in [9.17, 15) is 9.90 Å². The molecular weight excluding hydrogens is 354 g/mol. The minimum absolute atomic E-state index is 0.129. The van der Waals surface area contributed by atoms with Crippen LogP contribution in [0.15, 0.2) is 24.3 Å². The van der Waals surface area contributed by atoms with Gasteiger partial charge in [0.15, 0.2) is 6.04 Å². The van der Waals surface area contributed by atoms with Crippen LogP contribution in [0.2, 0.25) is 5.02 Å². The van der Waals surface area contributed by atoms with Gasteiger partial charge in [-0.3, -0.25) is 4.79 Å². The summed E-state index contributed by atoms with van der Waals surface area (Å²) in [6.45, 7) is 6.60. The Morgan fingerprint density at radius 2 is 2.04 bits per heavy atom. The fraction of sp³-hybridized carbons (Fsp3) is 0.556. The van der Waals surface area contributed by atoms with Crippen molar-refractivity contribution in [2.75, 3.05) is 13.2 Å². The molecule has 0 fully saturated rings. The fourth-order valence-corrected chi connectivity index (χ4v) is 2.63. The van der Waals surface area contributed by atoms with Crippen molar-refractivity contribution >= 4 is 17.5 Å². The molecule has 26 heavy (non-hydrogen) atoms. The van der Waals surface area contributed by atoms with Crippen LogP contribution in [-0.2, 0) is 4.79 Å². The second-order valence-electron chi connectivity index (χ2n) is 7.08. The van der Waals surface area contributed by atoms with Crippen LogP contribution >= 0.6 is 11.6 Å². The second kappa shape index (κ2) is 9.09. The summed E-state index contributed by atoms with van der Waals surface area (Å²) in [4.78, 5) is 13.8. The lowest BCUT2D eigenvalue weighted by atomic mass is 9.89. The average Bonchev–Trinajstić information content (AvgIpc) is 3.10. The Balaban J connectivity index is 1.95. The number of halogens is 1. The number of aliphatic hydroxyl groups excluding tert-OH is 1. The van der Waals surface area contributed by atoms with E-state index in [1.54, 1.807) is 12.1 Å². The molecule has 2 N–H and O–H groups in total. The van der Waals surface area contributed by atoms with Gasteiger partial charge in [-0.1, -0.05) is 32.4 Å². The van der Waals surface area contributed by atoms with Gasteiger partial charge in [-0.05, 0) is 54.2 Å². The molecule has 8 heteroatoms. The molecule has 1 heterocycles. The smallest absolute Gasteiger partial charge is 0.246 e. The summed E-state index contributed by atoms with van der Waals surface area (Å²) in [5.74, 6) is 0.326. The van der Waals surface area contributed by atoms with Gasteiger partial charge < -0.3 is 10.4 Å². The van der Waals surface area contributed by atoms with Crippen LogP contribution in [-0.4, -0.2) is 44.4 Å². The van der Waals surface area contributed by atoms with Crippen molar-refractivity contribution in [1.82, 2.24) is 25.5 Å². The van der Waals surface area contributed by atoms with E-state index in [1.807, 2.05) is 32.9 Å². The number of aliphatic hydroxyl groups is 1. The van der Waals surface area contributed by atoms with Gasteiger partial charge in [0.2, 0.25) is 11.7 Å². The first-order valence-corrected chi connectivity index (χ1v) is 9.18. The molecule has 0 bridgehead atoms. The number of nitrogens with one attached hydrogen (secondary N) is 1. The van der Waals surface area contributed by atoms with Crippen LogP contribution < -0.4 is 5.32 Å². The van der Waals surface area contributed by atoms with Gasteiger partial charge in [0, 0.05) is 23.7 Å². The Hall–Kier alpha value is -1.99. The van der Waals surface area contributed by atoms with E-state index in [0.717, 1.165) is 18.4 Å². The number of nitrogens with zero attached hydrogens (tertiary/aromatic N) is 4. The number of benzene rings is 1. The van der Waals surface area contributed by atoms with E-state index >= 15 is 0 Å². The minimum Gasteiger partial charge on any atom is -0.396 e. The number of hydrogen-bond donors (Lipinski definition) is 2. The van der Waals surface area contributed by atoms with Crippen molar-refractivity contribution in [3.63, 3.8) is 0 Å². The zero-order valence-corrected chi connectivity index (χ0v) is 16.2. The van der Waals surface area contributed by atoms with Crippen molar-refractivity contribution < 1.29 is 9.90 Å². The van der Waals surface area contributed by atoms with Crippen molar-refractivity contribution in [1.29, 1.82) is 0 Å². The Bertz CT molecular complexity index is 715. The molecule has 142 valence electrons. The van der Waals surface area contributed by atoms with Crippen LogP contribution in [0, 0.1) is 5.41 Å². The maximum atomic E-state index is 12.5. The quantitative estimate of drug-likeness (QED) is 0.653. The van der Waals surface area contributed by atoms with Crippen molar-refractivity contribution in [3.8, 4) is 11.4 Å². The van der Waals surface area contributed by atoms with E-state index in [2.05, 4.69) is 20.7 Å². The van der Waals surface area contributed by atoms with Crippen LogP contribution in [0.3, 0.4) is 0 Å². The van der Waals surface area contributed by atoms with Gasteiger partial charge in [-0.15, -0.1) is 10.2 Å². The maximum absolute atomic E-state index is 12.5. The van der Waals surface area contributed by atoms with E-state index in [0.29, 0.717) is 23.8 Å². The zero-order chi connectivity index (χ0) is 19.2. The van der Waals surface area contributed by atoms with Gasteiger partial charge in [-0.25, -0.2) is 0 Å². The molecule has 0 aliphatic rings. The van der Waals surface area contributed by atoms with Crippen LogP contribution in [0.4, 0.5) is 0 Å². The molecule has 0 aliphatic heterocycles. The summed E-state index contributed by atoms with van der Waals surface area (Å²) >= 11 is 5.89. The molecule has 0 saturated carbocycles. The number of aromatic nitrogens is 4. The third-order valence-corrected chi connectivity index (χ3v) is 4.51. The molecule has 1 aromatic carbocycles. The summed E-state index contributed by atoms with van der Waals surface area (Å²) in [6, 6.07) is 6.64. The van der Waals surface area contributed by atoms with Gasteiger partial charge in [0.1, 0.15) is 0 Å². The monoisotopic (exact) mass is 379 g/mol. The number of rotatable bonds is 9. The molecule has 2 rings (SSSR count). The summed E-state index contributed by atoms with van der Waals surface area (Å²) in [7, 11) is 0. The molecule has 0 spiro atoms. The third-order valence-electron chi connectivity index (χ3n) is 4.26. The molecule has 1 atom stereocenters. The highest BCUT2D eigenvalue weighted by molar-refractivity contribution is 6.30. The summed E-state index contributed by atoms with van der Waals surface area (Å²) in [5, 5.41) is 25.2.